The van der Waals surface area contributed by atoms with Crippen molar-refractivity contribution in [2.75, 3.05) is 14.2 Å². The van der Waals surface area contributed by atoms with E-state index in [0.29, 0.717) is 5.56 Å². The lowest BCUT2D eigenvalue weighted by Gasteiger charge is -2.19. The third-order valence-corrected chi connectivity index (χ3v) is 3.43. The van der Waals surface area contributed by atoms with Gasteiger partial charge in [-0.3, -0.25) is 0 Å². The molecule has 0 aromatic heterocycles. The van der Waals surface area contributed by atoms with Crippen LogP contribution in [0.2, 0.25) is 5.02 Å². The second-order valence-electron chi connectivity index (χ2n) is 4.14. The molecular formula is C15H15ClFNO. The number of methoxy groups -OCH3 is 1. The molecule has 19 heavy (non-hydrogen) atoms. The maximum absolute atomic E-state index is 13.5. The zero-order valence-electron chi connectivity index (χ0n) is 10.8. The highest BCUT2D eigenvalue weighted by Crippen LogP contribution is 2.30. The van der Waals surface area contributed by atoms with Crippen LogP contribution in [0.25, 0.3) is 0 Å². The molecule has 0 amide bonds. The fourth-order valence-electron chi connectivity index (χ4n) is 2.04. The first-order valence-electron chi connectivity index (χ1n) is 5.92. The zero-order valence-corrected chi connectivity index (χ0v) is 11.5. The van der Waals surface area contributed by atoms with Gasteiger partial charge >= 0.3 is 0 Å². The summed E-state index contributed by atoms with van der Waals surface area (Å²) in [4.78, 5) is 0. The predicted molar refractivity (Wildman–Crippen MR) is 75.3 cm³/mol. The topological polar surface area (TPSA) is 21.3 Å². The summed E-state index contributed by atoms with van der Waals surface area (Å²) >= 11 is 6.04. The summed E-state index contributed by atoms with van der Waals surface area (Å²) in [6.45, 7) is 0. The van der Waals surface area contributed by atoms with Crippen LogP contribution >= 0.6 is 11.6 Å². The van der Waals surface area contributed by atoms with Crippen LogP contribution in [0.3, 0.4) is 0 Å². The molecule has 2 aromatic carbocycles. The van der Waals surface area contributed by atoms with E-state index >= 15 is 0 Å². The fourth-order valence-corrected chi connectivity index (χ4v) is 2.28. The molecule has 0 saturated heterocycles. The molecule has 0 fully saturated rings. The van der Waals surface area contributed by atoms with Gasteiger partial charge in [-0.2, -0.15) is 0 Å². The molecule has 1 N–H and O–H groups in total. The standard InChI is InChI=1S/C15H15ClFNO/c1-18-15(10-6-8-11(19-2)9-7-10)12-4-3-5-13(17)14(12)16/h3-9,15,18H,1-2H3. The molecule has 2 aromatic rings. The Bertz CT molecular complexity index is 557. The van der Waals surface area contributed by atoms with Gasteiger partial charge in [0.05, 0.1) is 18.2 Å². The van der Waals surface area contributed by atoms with Crippen LogP contribution < -0.4 is 10.1 Å². The third-order valence-electron chi connectivity index (χ3n) is 3.03. The molecule has 2 nitrogen and oxygen atoms in total. The predicted octanol–water partition coefficient (Wildman–Crippen LogP) is 3.80. The van der Waals surface area contributed by atoms with Gasteiger partial charge in [-0.15, -0.1) is 0 Å². The van der Waals surface area contributed by atoms with Crippen molar-refractivity contribution in [1.82, 2.24) is 5.32 Å². The van der Waals surface area contributed by atoms with Crippen molar-refractivity contribution in [3.05, 3.63) is 64.4 Å². The molecular weight excluding hydrogens is 265 g/mol. The molecule has 0 radical (unpaired) electrons. The lowest BCUT2D eigenvalue weighted by molar-refractivity contribution is 0.414. The average molecular weight is 280 g/mol. The first-order valence-corrected chi connectivity index (χ1v) is 6.30. The molecule has 2 rings (SSSR count). The Balaban J connectivity index is 2.40. The fraction of sp³-hybridized carbons (Fsp3) is 0.200. The molecule has 0 aliphatic heterocycles. The highest BCUT2D eigenvalue weighted by atomic mass is 35.5. The van der Waals surface area contributed by atoms with Crippen molar-refractivity contribution in [3.63, 3.8) is 0 Å². The molecule has 1 atom stereocenters. The van der Waals surface area contributed by atoms with Gasteiger partial charge in [0.1, 0.15) is 11.6 Å². The molecule has 0 saturated carbocycles. The lowest BCUT2D eigenvalue weighted by atomic mass is 9.98. The van der Waals surface area contributed by atoms with Gasteiger partial charge in [-0.05, 0) is 36.4 Å². The van der Waals surface area contributed by atoms with E-state index in [1.807, 2.05) is 37.4 Å². The van der Waals surface area contributed by atoms with E-state index in [9.17, 15) is 4.39 Å². The molecule has 100 valence electrons. The summed E-state index contributed by atoms with van der Waals surface area (Å²) < 4.78 is 18.7. The van der Waals surface area contributed by atoms with Gasteiger partial charge in [0.25, 0.3) is 0 Å². The summed E-state index contributed by atoms with van der Waals surface area (Å²) in [6.07, 6.45) is 0. The number of ether oxygens (including phenoxy) is 1. The van der Waals surface area contributed by atoms with Crippen molar-refractivity contribution >= 4 is 11.6 Å². The van der Waals surface area contributed by atoms with E-state index in [1.54, 1.807) is 13.2 Å². The lowest BCUT2D eigenvalue weighted by Crippen LogP contribution is -2.18. The SMILES string of the molecule is CNC(c1ccc(OC)cc1)c1cccc(F)c1Cl. The monoisotopic (exact) mass is 279 g/mol. The Morgan fingerprint density at radius 1 is 1.16 bits per heavy atom. The van der Waals surface area contributed by atoms with E-state index in [2.05, 4.69) is 5.32 Å². The molecule has 0 aliphatic carbocycles. The number of rotatable bonds is 4. The van der Waals surface area contributed by atoms with Crippen LogP contribution in [0.1, 0.15) is 17.2 Å². The van der Waals surface area contributed by atoms with Gasteiger partial charge in [-0.1, -0.05) is 35.9 Å². The average Bonchev–Trinajstić information content (AvgIpc) is 2.45. The molecule has 0 aliphatic rings. The Labute approximate surface area is 117 Å². The second-order valence-corrected chi connectivity index (χ2v) is 4.52. The Kier molecular flexibility index (Phi) is 4.40. The highest BCUT2D eigenvalue weighted by Gasteiger charge is 2.17. The van der Waals surface area contributed by atoms with Gasteiger partial charge < -0.3 is 10.1 Å². The van der Waals surface area contributed by atoms with Gasteiger partial charge in [0, 0.05) is 0 Å². The number of hydrogen-bond donors (Lipinski definition) is 1. The molecule has 4 heteroatoms. The van der Waals surface area contributed by atoms with Crippen LogP contribution in [0.4, 0.5) is 4.39 Å². The van der Waals surface area contributed by atoms with E-state index in [0.717, 1.165) is 11.3 Å². The van der Waals surface area contributed by atoms with Crippen molar-refractivity contribution in [1.29, 1.82) is 0 Å². The first kappa shape index (κ1) is 13.8. The summed E-state index contributed by atoms with van der Waals surface area (Å²) in [7, 11) is 3.43. The third kappa shape index (κ3) is 2.88. The minimum atomic E-state index is -0.409. The smallest absolute Gasteiger partial charge is 0.142 e. The van der Waals surface area contributed by atoms with Crippen molar-refractivity contribution in [2.45, 2.75) is 6.04 Å². The molecule has 0 spiro atoms. The van der Waals surface area contributed by atoms with Crippen LogP contribution in [-0.4, -0.2) is 14.2 Å². The van der Waals surface area contributed by atoms with Gasteiger partial charge in [0.15, 0.2) is 0 Å². The van der Waals surface area contributed by atoms with Crippen LogP contribution in [0.15, 0.2) is 42.5 Å². The molecule has 0 heterocycles. The van der Waals surface area contributed by atoms with Crippen LogP contribution in [-0.2, 0) is 0 Å². The van der Waals surface area contributed by atoms with E-state index in [1.165, 1.54) is 6.07 Å². The second kappa shape index (κ2) is 6.04. The number of hydrogen-bond acceptors (Lipinski definition) is 2. The normalized spacial score (nSPS) is 12.2. The first-order chi connectivity index (χ1) is 9.17. The summed E-state index contributed by atoms with van der Waals surface area (Å²) in [6, 6.07) is 12.3. The zero-order chi connectivity index (χ0) is 13.8. The maximum atomic E-state index is 13.5. The van der Waals surface area contributed by atoms with Crippen LogP contribution in [0.5, 0.6) is 5.75 Å². The largest absolute Gasteiger partial charge is 0.497 e. The summed E-state index contributed by atoms with van der Waals surface area (Å²) in [5, 5.41) is 3.30. The van der Waals surface area contributed by atoms with Crippen molar-refractivity contribution in [2.24, 2.45) is 0 Å². The minimum Gasteiger partial charge on any atom is -0.497 e. The number of halogens is 2. The van der Waals surface area contributed by atoms with E-state index in [4.69, 9.17) is 16.3 Å². The summed E-state index contributed by atoms with van der Waals surface area (Å²) in [5.41, 5.74) is 1.71. The minimum absolute atomic E-state index is 0.151. The van der Waals surface area contributed by atoms with Crippen molar-refractivity contribution < 1.29 is 9.13 Å². The number of nitrogens with one attached hydrogen (secondary N) is 1. The Morgan fingerprint density at radius 3 is 2.42 bits per heavy atom. The van der Waals surface area contributed by atoms with E-state index in [-0.39, 0.29) is 11.1 Å². The Hall–Kier alpha value is -1.58. The Morgan fingerprint density at radius 2 is 1.84 bits per heavy atom. The quantitative estimate of drug-likeness (QED) is 0.919. The van der Waals surface area contributed by atoms with Gasteiger partial charge in [0.2, 0.25) is 0 Å². The maximum Gasteiger partial charge on any atom is 0.142 e. The molecule has 0 bridgehead atoms. The van der Waals surface area contributed by atoms with E-state index < -0.39 is 5.82 Å². The van der Waals surface area contributed by atoms with Crippen LogP contribution in [0, 0.1) is 5.82 Å². The van der Waals surface area contributed by atoms with Gasteiger partial charge in [-0.25, -0.2) is 4.39 Å². The number of benzene rings is 2. The highest BCUT2D eigenvalue weighted by molar-refractivity contribution is 6.31. The summed E-state index contributed by atoms with van der Waals surface area (Å²) in [5.74, 6) is 0.372. The molecule has 1 unspecified atom stereocenters. The van der Waals surface area contributed by atoms with Crippen molar-refractivity contribution in [3.8, 4) is 5.75 Å².